The Morgan fingerprint density at radius 1 is 1.26 bits per heavy atom. The summed E-state index contributed by atoms with van der Waals surface area (Å²) in [6.45, 7) is 4.01. The molecular weight excluding hydrogens is 461 g/mol. The molecule has 4 N–H and O–H groups in total. The molecule has 1 heterocycles. The number of rotatable bonds is 8. The zero-order valence-corrected chi connectivity index (χ0v) is 19.6. The number of halogens is 3. The van der Waals surface area contributed by atoms with Crippen LogP contribution in [0.2, 0.25) is 0 Å². The van der Waals surface area contributed by atoms with E-state index in [0.717, 1.165) is 37.8 Å². The van der Waals surface area contributed by atoms with Gasteiger partial charge < -0.3 is 25.9 Å². The molecule has 1 aromatic rings. The number of allylic oxidation sites excluding steroid dienone is 3. The molecule has 0 radical (unpaired) electrons. The number of pyridine rings is 1. The van der Waals surface area contributed by atoms with Crippen LogP contribution in [0.4, 0.5) is 13.2 Å². The van der Waals surface area contributed by atoms with Gasteiger partial charge in [0.25, 0.3) is 5.91 Å². The second-order valence-electron chi connectivity index (χ2n) is 9.88. The second kappa shape index (κ2) is 9.49. The zero-order chi connectivity index (χ0) is 25.4. The lowest BCUT2D eigenvalue weighted by Crippen LogP contribution is -2.48. The number of ether oxygens (including phenoxy) is 1. The number of carbonyl (C=O) groups is 1. The molecule has 0 spiro atoms. The smallest absolute Gasteiger partial charge is 0.433 e. The number of alkyl halides is 3. The first-order valence-corrected chi connectivity index (χ1v) is 11.6. The molecule has 0 bridgehead atoms. The molecule has 1 aromatic heterocycles. The Labute approximate surface area is 201 Å². The van der Waals surface area contributed by atoms with Crippen LogP contribution in [-0.2, 0) is 10.9 Å². The summed E-state index contributed by atoms with van der Waals surface area (Å²) in [7, 11) is 0. The summed E-state index contributed by atoms with van der Waals surface area (Å²) in [6.07, 6.45) is 3.75. The summed E-state index contributed by atoms with van der Waals surface area (Å²) in [4.78, 5) is 16.2. The number of nitrogens with one attached hydrogen (secondary N) is 3. The minimum absolute atomic E-state index is 0.156. The molecule has 0 aliphatic heterocycles. The van der Waals surface area contributed by atoms with Gasteiger partial charge in [-0.25, -0.2) is 4.98 Å². The van der Waals surface area contributed by atoms with E-state index in [4.69, 9.17) is 10.1 Å². The molecule has 3 aliphatic rings. The highest BCUT2D eigenvalue weighted by Gasteiger charge is 2.38. The van der Waals surface area contributed by atoms with E-state index in [0.29, 0.717) is 18.1 Å². The van der Waals surface area contributed by atoms with Crippen molar-refractivity contribution in [3.05, 3.63) is 65.0 Å². The van der Waals surface area contributed by atoms with Gasteiger partial charge in [0.1, 0.15) is 17.1 Å². The maximum atomic E-state index is 13.0. The van der Waals surface area contributed by atoms with Gasteiger partial charge in [-0.05, 0) is 69.6 Å². The van der Waals surface area contributed by atoms with Crippen molar-refractivity contribution in [1.29, 1.82) is 5.41 Å². The van der Waals surface area contributed by atoms with Crippen molar-refractivity contribution < 1.29 is 27.8 Å². The summed E-state index contributed by atoms with van der Waals surface area (Å²) in [5.41, 5.74) is -1.35. The number of hydrogen-bond donors (Lipinski definition) is 4. The van der Waals surface area contributed by atoms with Gasteiger partial charge in [-0.2, -0.15) is 13.2 Å². The number of nitrogens with zero attached hydrogens (tertiary/aromatic N) is 1. The third-order valence-corrected chi connectivity index (χ3v) is 6.46. The lowest BCUT2D eigenvalue weighted by molar-refractivity contribution is -0.141. The molecule has 10 heteroatoms. The van der Waals surface area contributed by atoms with Crippen molar-refractivity contribution >= 4 is 11.6 Å². The van der Waals surface area contributed by atoms with Crippen LogP contribution < -0.4 is 10.6 Å². The van der Waals surface area contributed by atoms with Gasteiger partial charge in [-0.1, -0.05) is 6.07 Å². The first-order chi connectivity index (χ1) is 16.4. The van der Waals surface area contributed by atoms with Gasteiger partial charge in [0.2, 0.25) is 0 Å². The molecule has 2 saturated carbocycles. The summed E-state index contributed by atoms with van der Waals surface area (Å²) >= 11 is 0. The van der Waals surface area contributed by atoms with Crippen LogP contribution in [-0.4, -0.2) is 40.0 Å². The van der Waals surface area contributed by atoms with Crippen LogP contribution in [0.5, 0.6) is 0 Å². The van der Waals surface area contributed by atoms with E-state index in [1.807, 2.05) is 0 Å². The predicted molar refractivity (Wildman–Crippen MR) is 123 cm³/mol. The van der Waals surface area contributed by atoms with Crippen LogP contribution in [0.15, 0.2) is 53.6 Å². The van der Waals surface area contributed by atoms with Gasteiger partial charge in [0.15, 0.2) is 0 Å². The van der Waals surface area contributed by atoms with Gasteiger partial charge in [-0.15, -0.1) is 0 Å². The highest BCUT2D eigenvalue weighted by Crippen LogP contribution is 2.36. The van der Waals surface area contributed by atoms with Gasteiger partial charge in [0, 0.05) is 23.9 Å². The Morgan fingerprint density at radius 2 is 1.97 bits per heavy atom. The molecule has 3 aliphatic carbocycles. The first kappa shape index (κ1) is 25.0. The van der Waals surface area contributed by atoms with Crippen LogP contribution >= 0.6 is 0 Å². The minimum Gasteiger partial charge on any atom is -0.491 e. The fraction of sp³-hybridized carbons (Fsp3) is 0.480. The third kappa shape index (κ3) is 6.30. The SMILES string of the molecule is CC(C)(O)C1CC(N/C=C2/C=C(NC(=O)c3cccc(C(F)(F)F)n3)C(OCC3CC3)=CC2=N)C1. The van der Waals surface area contributed by atoms with Crippen LogP contribution in [0.3, 0.4) is 0 Å². The van der Waals surface area contributed by atoms with Crippen molar-refractivity contribution in [2.45, 2.75) is 57.3 Å². The molecule has 35 heavy (non-hydrogen) atoms. The van der Waals surface area contributed by atoms with E-state index in [2.05, 4.69) is 15.6 Å². The molecule has 4 rings (SSSR count). The monoisotopic (exact) mass is 490 g/mol. The molecule has 1 amide bonds. The third-order valence-electron chi connectivity index (χ3n) is 6.46. The molecular formula is C25H29F3N4O3. The molecule has 2 fully saturated rings. The van der Waals surface area contributed by atoms with E-state index in [1.54, 1.807) is 26.1 Å². The van der Waals surface area contributed by atoms with Crippen LogP contribution in [0.25, 0.3) is 0 Å². The Kier molecular flexibility index (Phi) is 6.77. The van der Waals surface area contributed by atoms with Crippen molar-refractivity contribution in [3.63, 3.8) is 0 Å². The number of amides is 1. The van der Waals surface area contributed by atoms with Crippen LogP contribution in [0.1, 0.15) is 55.7 Å². The largest absolute Gasteiger partial charge is 0.491 e. The Morgan fingerprint density at radius 3 is 2.60 bits per heavy atom. The maximum absolute atomic E-state index is 13.0. The predicted octanol–water partition coefficient (Wildman–Crippen LogP) is 4.08. The quantitative estimate of drug-likeness (QED) is 0.439. The molecule has 0 saturated heterocycles. The van der Waals surface area contributed by atoms with Gasteiger partial charge >= 0.3 is 6.18 Å². The fourth-order valence-electron chi connectivity index (χ4n) is 3.87. The fourth-order valence-corrected chi connectivity index (χ4v) is 3.87. The van der Waals surface area contributed by atoms with E-state index < -0.39 is 23.4 Å². The molecule has 7 nitrogen and oxygen atoms in total. The topological polar surface area (TPSA) is 107 Å². The molecule has 0 aromatic carbocycles. The number of aliphatic hydroxyl groups is 1. The lowest BCUT2D eigenvalue weighted by Gasteiger charge is -2.42. The van der Waals surface area contributed by atoms with Crippen LogP contribution in [0, 0.1) is 17.2 Å². The number of aromatic nitrogens is 1. The summed E-state index contributed by atoms with van der Waals surface area (Å²) in [5, 5.41) is 24.3. The number of carbonyl (C=O) groups excluding carboxylic acids is 1. The first-order valence-electron chi connectivity index (χ1n) is 11.6. The average Bonchev–Trinajstić information content (AvgIpc) is 3.56. The van der Waals surface area contributed by atoms with E-state index in [1.165, 1.54) is 12.1 Å². The lowest BCUT2D eigenvalue weighted by atomic mass is 9.71. The van der Waals surface area contributed by atoms with E-state index >= 15 is 0 Å². The maximum Gasteiger partial charge on any atom is 0.433 e. The van der Waals surface area contributed by atoms with Crippen molar-refractivity contribution in [3.8, 4) is 0 Å². The highest BCUT2D eigenvalue weighted by atomic mass is 19.4. The second-order valence-corrected chi connectivity index (χ2v) is 9.88. The Hall–Kier alpha value is -3.14. The number of hydrogen-bond acceptors (Lipinski definition) is 6. The highest BCUT2D eigenvalue weighted by molar-refractivity contribution is 6.10. The van der Waals surface area contributed by atoms with Crippen molar-refractivity contribution in [2.24, 2.45) is 11.8 Å². The zero-order valence-electron chi connectivity index (χ0n) is 19.6. The minimum atomic E-state index is -4.67. The normalized spacial score (nSPS) is 23.8. The average molecular weight is 491 g/mol. The Balaban J connectivity index is 1.49. The Bertz CT molecular complexity index is 1090. The van der Waals surface area contributed by atoms with Crippen molar-refractivity contribution in [1.82, 2.24) is 15.6 Å². The molecule has 0 atom stereocenters. The van der Waals surface area contributed by atoms with Gasteiger partial charge in [0.05, 0.1) is 23.6 Å². The standard InChI is InChI=1S/C25H29F3N4O3/c1-24(2,34)16-9-17(10-16)30-12-15-8-20(21(11-18(15)29)35-13-14-6-7-14)32-23(33)19-4-3-5-22(31-19)25(26,27)28/h3-5,8,11-12,14,16-17,29-30,34H,6-7,9-10,13H2,1-2H3,(H,32,33)/b15-12-,29-18?. The molecule has 0 unspecified atom stereocenters. The summed E-state index contributed by atoms with van der Waals surface area (Å²) in [5.74, 6) is 0.0890. The van der Waals surface area contributed by atoms with Crippen molar-refractivity contribution in [2.75, 3.05) is 6.61 Å². The molecule has 188 valence electrons. The summed E-state index contributed by atoms with van der Waals surface area (Å²) in [6, 6.07) is 3.30. The van der Waals surface area contributed by atoms with Gasteiger partial charge in [-0.3, -0.25) is 4.79 Å². The van der Waals surface area contributed by atoms with E-state index in [-0.39, 0.29) is 34.8 Å². The van der Waals surface area contributed by atoms with E-state index in [9.17, 15) is 23.1 Å². The summed E-state index contributed by atoms with van der Waals surface area (Å²) < 4.78 is 44.9.